The smallest absolute Gasteiger partial charge is 0.312 e. The molecule has 2 amide bonds. The second-order valence-corrected chi connectivity index (χ2v) is 10.4. The predicted molar refractivity (Wildman–Crippen MR) is 160 cm³/mol. The van der Waals surface area contributed by atoms with E-state index < -0.39 is 11.0 Å². The van der Waals surface area contributed by atoms with Crippen molar-refractivity contribution in [2.24, 2.45) is 0 Å². The first-order chi connectivity index (χ1) is 19.6. The van der Waals surface area contributed by atoms with Crippen molar-refractivity contribution in [3.63, 3.8) is 0 Å². The van der Waals surface area contributed by atoms with Crippen molar-refractivity contribution in [1.82, 2.24) is 14.7 Å². The van der Waals surface area contributed by atoms with E-state index in [1.807, 2.05) is 6.92 Å². The zero-order chi connectivity index (χ0) is 29.7. The molecule has 0 bridgehead atoms. The number of benzene rings is 2. The number of hydrogen-bond acceptors (Lipinski definition) is 7. The third kappa shape index (κ3) is 6.83. The number of carbonyl (C=O) groups excluding carboxylic acids is 2. The number of amides is 2. The molecule has 3 aromatic rings. The van der Waals surface area contributed by atoms with Crippen molar-refractivity contribution in [2.45, 2.75) is 52.6 Å². The summed E-state index contributed by atoms with van der Waals surface area (Å²) in [5, 5.41) is 19.3. The summed E-state index contributed by atoms with van der Waals surface area (Å²) < 4.78 is 7.17. The van der Waals surface area contributed by atoms with Crippen LogP contribution in [0.25, 0.3) is 0 Å². The molecule has 0 unspecified atom stereocenters. The van der Waals surface area contributed by atoms with Crippen LogP contribution >= 0.6 is 23.8 Å². The lowest BCUT2D eigenvalue weighted by molar-refractivity contribution is -0.386. The van der Waals surface area contributed by atoms with Gasteiger partial charge in [0.25, 0.3) is 5.91 Å². The normalized spacial score (nSPS) is 15.0. The molecule has 0 radical (unpaired) electrons. The summed E-state index contributed by atoms with van der Waals surface area (Å²) in [7, 11) is 0. The highest BCUT2D eigenvalue weighted by atomic mass is 35.5. The quantitative estimate of drug-likeness (QED) is 0.170. The lowest BCUT2D eigenvalue weighted by Gasteiger charge is -2.24. The predicted octanol–water partition coefficient (Wildman–Crippen LogP) is 5.27. The van der Waals surface area contributed by atoms with Crippen LogP contribution in [0.5, 0.6) is 5.75 Å². The van der Waals surface area contributed by atoms with Gasteiger partial charge < -0.3 is 15.0 Å². The molecule has 1 aliphatic rings. The lowest BCUT2D eigenvalue weighted by atomic mass is 10.1. The minimum absolute atomic E-state index is 0.00899. The van der Waals surface area contributed by atoms with Gasteiger partial charge in [0.2, 0.25) is 5.91 Å². The number of thiocarbonyl (C=S) groups is 1. The number of aryl methyl sites for hydroxylation is 2. The van der Waals surface area contributed by atoms with Crippen LogP contribution in [0.3, 0.4) is 0 Å². The minimum Gasteiger partial charge on any atom is -0.494 e. The molecular formula is C28H31ClN6O5S. The molecule has 0 saturated carbocycles. The average molecular weight is 599 g/mol. The van der Waals surface area contributed by atoms with Gasteiger partial charge in [-0.3, -0.25) is 29.3 Å². The van der Waals surface area contributed by atoms with E-state index in [0.717, 1.165) is 6.42 Å². The van der Waals surface area contributed by atoms with Crippen LogP contribution in [0.2, 0.25) is 5.02 Å². The molecule has 1 N–H and O–H groups in total. The van der Waals surface area contributed by atoms with E-state index in [4.69, 9.17) is 28.6 Å². The number of nitrogens with one attached hydrogen (secondary N) is 1. The van der Waals surface area contributed by atoms with Gasteiger partial charge in [-0.05, 0) is 87.4 Å². The number of halogens is 1. The first-order valence-corrected chi connectivity index (χ1v) is 14.0. The van der Waals surface area contributed by atoms with E-state index >= 15 is 0 Å². The highest BCUT2D eigenvalue weighted by molar-refractivity contribution is 7.80. The number of hydrogen-bond donors (Lipinski definition) is 1. The molecule has 1 aromatic heterocycles. The number of aromatic nitrogens is 2. The third-order valence-electron chi connectivity index (χ3n) is 6.69. The van der Waals surface area contributed by atoms with Crippen LogP contribution in [0.15, 0.2) is 48.5 Å². The number of ether oxygens (including phenoxy) is 1. The van der Waals surface area contributed by atoms with Crippen LogP contribution in [0.1, 0.15) is 37.6 Å². The van der Waals surface area contributed by atoms with Gasteiger partial charge >= 0.3 is 5.69 Å². The molecule has 4 rings (SSSR count). The molecule has 1 fully saturated rings. The number of nitrogens with zero attached hydrogens (tertiary/aromatic N) is 5. The van der Waals surface area contributed by atoms with Crippen molar-refractivity contribution in [1.29, 1.82) is 0 Å². The number of anilines is 2. The Kier molecular flexibility index (Phi) is 9.56. The minimum atomic E-state index is -0.833. The maximum atomic E-state index is 13.6. The van der Waals surface area contributed by atoms with E-state index in [9.17, 15) is 19.7 Å². The Morgan fingerprint density at radius 2 is 1.83 bits per heavy atom. The first kappa shape index (κ1) is 29.9. The lowest BCUT2D eigenvalue weighted by Crippen LogP contribution is -2.38. The molecule has 41 heavy (non-hydrogen) atoms. The van der Waals surface area contributed by atoms with Crippen molar-refractivity contribution < 1.29 is 19.2 Å². The van der Waals surface area contributed by atoms with Crippen LogP contribution in [-0.4, -0.2) is 55.7 Å². The molecule has 11 nitrogen and oxygen atoms in total. The topological polar surface area (TPSA) is 123 Å². The van der Waals surface area contributed by atoms with Gasteiger partial charge in [0.1, 0.15) is 23.2 Å². The van der Waals surface area contributed by atoms with Gasteiger partial charge in [-0.1, -0.05) is 18.5 Å². The fourth-order valence-electron chi connectivity index (χ4n) is 4.72. The molecule has 0 aliphatic carbocycles. The maximum Gasteiger partial charge on any atom is 0.312 e. The monoisotopic (exact) mass is 598 g/mol. The van der Waals surface area contributed by atoms with Crippen molar-refractivity contribution in [2.75, 3.05) is 23.4 Å². The average Bonchev–Trinajstić information content (AvgIpc) is 3.35. The van der Waals surface area contributed by atoms with Crippen molar-refractivity contribution in [3.05, 3.63) is 75.1 Å². The Bertz CT molecular complexity index is 1440. The Hall–Kier alpha value is -4.03. The summed E-state index contributed by atoms with van der Waals surface area (Å²) in [6.07, 6.45) is 1.25. The standard InChI is InChI=1S/C28H31ClN6O5S/c1-4-16-40-23-12-8-21(9-13-23)30-25(36)17-24-27(37)34(22-10-6-20(29)7-11-22)28(41)32(24)14-5-15-33-19(3)26(35(38)39)18(2)31-33/h6-13,24H,4-5,14-17H2,1-3H3,(H,30,36)/t24-/m0/s1. The zero-order valence-electron chi connectivity index (χ0n) is 23.0. The van der Waals surface area contributed by atoms with Crippen LogP contribution in [0.4, 0.5) is 17.1 Å². The van der Waals surface area contributed by atoms with Gasteiger partial charge in [-0.25, -0.2) is 0 Å². The van der Waals surface area contributed by atoms with Gasteiger partial charge in [-0.15, -0.1) is 0 Å². The number of carbonyl (C=O) groups is 2. The second kappa shape index (κ2) is 13.1. The third-order valence-corrected chi connectivity index (χ3v) is 7.36. The van der Waals surface area contributed by atoms with E-state index in [-0.39, 0.29) is 29.0 Å². The molecular weight excluding hydrogens is 568 g/mol. The Balaban J connectivity index is 1.49. The summed E-state index contributed by atoms with van der Waals surface area (Å²) in [4.78, 5) is 40.8. The van der Waals surface area contributed by atoms with Gasteiger partial charge in [0.05, 0.1) is 23.6 Å². The first-order valence-electron chi connectivity index (χ1n) is 13.2. The number of rotatable bonds is 12. The number of nitro groups is 1. The Morgan fingerprint density at radius 1 is 1.15 bits per heavy atom. The summed E-state index contributed by atoms with van der Waals surface area (Å²) in [5.74, 6) is 0.0435. The molecule has 13 heteroatoms. The largest absolute Gasteiger partial charge is 0.494 e. The Labute approximate surface area is 248 Å². The zero-order valence-corrected chi connectivity index (χ0v) is 24.6. The van der Waals surface area contributed by atoms with E-state index in [2.05, 4.69) is 10.4 Å². The summed E-state index contributed by atoms with van der Waals surface area (Å²) in [5.41, 5.74) is 1.92. The van der Waals surface area contributed by atoms with E-state index in [1.165, 1.54) is 4.90 Å². The van der Waals surface area contributed by atoms with Crippen LogP contribution in [0, 0.1) is 24.0 Å². The van der Waals surface area contributed by atoms with E-state index in [0.29, 0.717) is 59.7 Å². The van der Waals surface area contributed by atoms with Crippen molar-refractivity contribution >= 4 is 57.8 Å². The highest BCUT2D eigenvalue weighted by Gasteiger charge is 2.44. The molecule has 2 aromatic carbocycles. The summed E-state index contributed by atoms with van der Waals surface area (Å²) >= 11 is 11.8. The SMILES string of the molecule is CCCOc1ccc(NC(=O)C[C@H]2C(=O)N(c3ccc(Cl)cc3)C(=S)N2CCCn2nc(C)c([N+](=O)[O-])c2C)cc1. The molecule has 0 spiro atoms. The van der Waals surface area contributed by atoms with Crippen LogP contribution < -0.4 is 15.0 Å². The summed E-state index contributed by atoms with van der Waals surface area (Å²) in [6, 6.07) is 12.9. The van der Waals surface area contributed by atoms with E-state index in [1.54, 1.807) is 72.0 Å². The maximum absolute atomic E-state index is 13.6. The molecule has 2 heterocycles. The van der Waals surface area contributed by atoms with Gasteiger partial charge in [-0.2, -0.15) is 5.10 Å². The molecule has 1 saturated heterocycles. The Morgan fingerprint density at radius 3 is 2.44 bits per heavy atom. The van der Waals surface area contributed by atoms with Gasteiger partial charge in [0, 0.05) is 23.8 Å². The fraction of sp³-hybridized carbons (Fsp3) is 0.357. The molecule has 1 aliphatic heterocycles. The fourth-order valence-corrected chi connectivity index (χ4v) is 5.26. The van der Waals surface area contributed by atoms with Crippen molar-refractivity contribution in [3.8, 4) is 5.75 Å². The molecule has 216 valence electrons. The summed E-state index contributed by atoms with van der Waals surface area (Å²) in [6.45, 7) is 6.59. The van der Waals surface area contributed by atoms with Gasteiger partial charge in [0.15, 0.2) is 5.11 Å². The highest BCUT2D eigenvalue weighted by Crippen LogP contribution is 2.29. The molecule has 1 atom stereocenters. The van der Waals surface area contributed by atoms with Crippen LogP contribution in [-0.2, 0) is 16.1 Å². The second-order valence-electron chi connectivity index (χ2n) is 9.62.